The van der Waals surface area contributed by atoms with Gasteiger partial charge in [-0.1, -0.05) is 29.8 Å². The van der Waals surface area contributed by atoms with Gasteiger partial charge < -0.3 is 5.11 Å². The van der Waals surface area contributed by atoms with Gasteiger partial charge in [-0.25, -0.2) is 9.78 Å². The number of aromatic nitrogens is 2. The zero-order valence-corrected chi connectivity index (χ0v) is 10.5. The van der Waals surface area contributed by atoms with Crippen LogP contribution in [0.15, 0.2) is 48.8 Å². The number of nitrogens with zero attached hydrogens (tertiary/aromatic N) is 2. The van der Waals surface area contributed by atoms with Gasteiger partial charge in [-0.2, -0.15) is 0 Å². The molecule has 0 saturated heterocycles. The van der Waals surface area contributed by atoms with E-state index in [1.165, 1.54) is 0 Å². The normalized spacial score (nSPS) is 10.8. The molecule has 0 aliphatic carbocycles. The summed E-state index contributed by atoms with van der Waals surface area (Å²) in [6.07, 6.45) is 3.40. The van der Waals surface area contributed by atoms with E-state index in [1.54, 1.807) is 47.1 Å². The monoisotopic (exact) mass is 272 g/mol. The molecule has 1 aromatic carbocycles. The first-order chi connectivity index (χ1) is 9.16. The van der Waals surface area contributed by atoms with Gasteiger partial charge in [0.1, 0.15) is 5.82 Å². The van der Waals surface area contributed by atoms with Crippen LogP contribution in [-0.2, 0) is 0 Å². The zero-order valence-electron chi connectivity index (χ0n) is 9.75. The van der Waals surface area contributed by atoms with Crippen LogP contribution in [0.2, 0.25) is 5.02 Å². The van der Waals surface area contributed by atoms with Crippen LogP contribution in [-0.4, -0.2) is 20.5 Å². The van der Waals surface area contributed by atoms with E-state index in [9.17, 15) is 9.90 Å². The molecule has 0 aliphatic heterocycles. The van der Waals surface area contributed by atoms with Crippen LogP contribution in [0.5, 0.6) is 0 Å². The highest BCUT2D eigenvalue weighted by atomic mass is 35.5. The van der Waals surface area contributed by atoms with Crippen LogP contribution in [0.3, 0.4) is 0 Å². The number of fused-ring (bicyclic) bond motifs is 1. The Labute approximate surface area is 113 Å². The Balaban J connectivity index is 2.31. The number of carboxylic acids is 1. The number of hydrogen-bond donors (Lipinski definition) is 1. The Bertz CT molecular complexity index is 780. The van der Waals surface area contributed by atoms with Gasteiger partial charge >= 0.3 is 5.97 Å². The number of carbonyl (C=O) groups is 1. The van der Waals surface area contributed by atoms with Crippen molar-refractivity contribution in [2.24, 2.45) is 0 Å². The maximum Gasteiger partial charge on any atom is 0.336 e. The van der Waals surface area contributed by atoms with Crippen LogP contribution < -0.4 is 0 Å². The van der Waals surface area contributed by atoms with E-state index >= 15 is 0 Å². The predicted octanol–water partition coefficient (Wildman–Crippen LogP) is 3.35. The van der Waals surface area contributed by atoms with E-state index in [0.29, 0.717) is 16.4 Å². The molecular formula is C14H9ClN2O2. The van der Waals surface area contributed by atoms with Crippen molar-refractivity contribution in [2.75, 3.05) is 0 Å². The van der Waals surface area contributed by atoms with Crippen molar-refractivity contribution >= 4 is 23.1 Å². The lowest BCUT2D eigenvalue weighted by atomic mass is 10.1. The quantitative estimate of drug-likeness (QED) is 0.778. The number of benzene rings is 1. The third-order valence-electron chi connectivity index (χ3n) is 2.89. The van der Waals surface area contributed by atoms with E-state index in [0.717, 1.165) is 5.52 Å². The first kappa shape index (κ1) is 11.7. The fourth-order valence-corrected chi connectivity index (χ4v) is 2.19. The number of imidazole rings is 1. The average Bonchev–Trinajstić information content (AvgIpc) is 2.81. The topological polar surface area (TPSA) is 54.6 Å². The van der Waals surface area contributed by atoms with Crippen molar-refractivity contribution in [3.8, 4) is 11.4 Å². The SMILES string of the molecule is O=C(O)c1ccccc1-c1ncc2ccc(Cl)cn12. The van der Waals surface area contributed by atoms with Crippen molar-refractivity contribution in [1.82, 2.24) is 9.38 Å². The molecule has 19 heavy (non-hydrogen) atoms. The average molecular weight is 273 g/mol. The third kappa shape index (κ3) is 1.96. The molecule has 3 rings (SSSR count). The minimum absolute atomic E-state index is 0.218. The summed E-state index contributed by atoms with van der Waals surface area (Å²) < 4.78 is 1.78. The minimum atomic E-state index is -0.977. The number of carboxylic acid groups (broad SMARTS) is 1. The van der Waals surface area contributed by atoms with Gasteiger partial charge in [-0.3, -0.25) is 4.40 Å². The molecule has 0 fully saturated rings. The molecule has 0 unspecified atom stereocenters. The smallest absolute Gasteiger partial charge is 0.336 e. The van der Waals surface area contributed by atoms with Crippen molar-refractivity contribution in [3.05, 3.63) is 59.4 Å². The summed E-state index contributed by atoms with van der Waals surface area (Å²) in [5.74, 6) is -0.412. The molecule has 2 aromatic heterocycles. The van der Waals surface area contributed by atoms with Gasteiger partial charge in [0.2, 0.25) is 0 Å². The molecule has 4 nitrogen and oxygen atoms in total. The fourth-order valence-electron chi connectivity index (χ4n) is 2.03. The molecule has 1 N–H and O–H groups in total. The van der Waals surface area contributed by atoms with E-state index in [2.05, 4.69) is 4.98 Å². The third-order valence-corrected chi connectivity index (χ3v) is 3.11. The summed E-state index contributed by atoms with van der Waals surface area (Å²) in [4.78, 5) is 15.5. The Kier molecular flexibility index (Phi) is 2.72. The van der Waals surface area contributed by atoms with Crippen LogP contribution in [0, 0.1) is 0 Å². The molecule has 3 aromatic rings. The summed E-state index contributed by atoms with van der Waals surface area (Å²) in [5.41, 5.74) is 1.65. The number of pyridine rings is 1. The standard InChI is InChI=1S/C14H9ClN2O2/c15-9-5-6-10-7-16-13(17(10)8-9)11-3-1-2-4-12(11)14(18)19/h1-8H,(H,18,19). The van der Waals surface area contributed by atoms with E-state index < -0.39 is 5.97 Å². The summed E-state index contributed by atoms with van der Waals surface area (Å²) in [6.45, 7) is 0. The summed E-state index contributed by atoms with van der Waals surface area (Å²) in [7, 11) is 0. The molecule has 5 heteroatoms. The molecule has 0 bridgehead atoms. The summed E-state index contributed by atoms with van der Waals surface area (Å²) in [6, 6.07) is 10.4. The van der Waals surface area contributed by atoms with Crippen molar-refractivity contribution in [2.45, 2.75) is 0 Å². The predicted molar refractivity (Wildman–Crippen MR) is 72.6 cm³/mol. The molecular weight excluding hydrogens is 264 g/mol. The van der Waals surface area contributed by atoms with E-state index in [-0.39, 0.29) is 5.56 Å². The summed E-state index contributed by atoms with van der Waals surface area (Å²) in [5, 5.41) is 9.80. The van der Waals surface area contributed by atoms with Crippen LogP contribution >= 0.6 is 11.6 Å². The number of halogens is 1. The summed E-state index contributed by atoms with van der Waals surface area (Å²) >= 11 is 5.97. The van der Waals surface area contributed by atoms with Gasteiger partial charge in [0.05, 0.1) is 22.3 Å². The Morgan fingerprint density at radius 1 is 1.21 bits per heavy atom. The lowest BCUT2D eigenvalue weighted by Crippen LogP contribution is -2.01. The van der Waals surface area contributed by atoms with Crippen LogP contribution in [0.1, 0.15) is 10.4 Å². The maximum absolute atomic E-state index is 11.3. The van der Waals surface area contributed by atoms with E-state index in [4.69, 9.17) is 11.6 Å². The van der Waals surface area contributed by atoms with E-state index in [1.807, 2.05) is 6.07 Å². The van der Waals surface area contributed by atoms with Crippen LogP contribution in [0.4, 0.5) is 0 Å². The Morgan fingerprint density at radius 3 is 2.79 bits per heavy atom. The molecule has 0 aliphatic rings. The van der Waals surface area contributed by atoms with Gasteiger partial charge in [0, 0.05) is 11.8 Å². The molecule has 0 spiro atoms. The highest BCUT2D eigenvalue weighted by Gasteiger charge is 2.14. The molecule has 0 atom stereocenters. The van der Waals surface area contributed by atoms with Crippen LogP contribution in [0.25, 0.3) is 16.9 Å². The number of hydrogen-bond acceptors (Lipinski definition) is 2. The Hall–Kier alpha value is -2.33. The number of rotatable bonds is 2. The number of aromatic carboxylic acids is 1. The molecule has 0 radical (unpaired) electrons. The first-order valence-electron chi connectivity index (χ1n) is 5.62. The first-order valence-corrected chi connectivity index (χ1v) is 6.00. The second-order valence-electron chi connectivity index (χ2n) is 4.07. The molecule has 2 heterocycles. The highest BCUT2D eigenvalue weighted by molar-refractivity contribution is 6.30. The van der Waals surface area contributed by atoms with Gasteiger partial charge in [-0.15, -0.1) is 0 Å². The van der Waals surface area contributed by atoms with Crippen molar-refractivity contribution in [1.29, 1.82) is 0 Å². The van der Waals surface area contributed by atoms with Gasteiger partial charge in [0.15, 0.2) is 0 Å². The molecule has 0 saturated carbocycles. The van der Waals surface area contributed by atoms with Gasteiger partial charge in [0.25, 0.3) is 0 Å². The second-order valence-corrected chi connectivity index (χ2v) is 4.51. The Morgan fingerprint density at radius 2 is 2.00 bits per heavy atom. The molecule has 94 valence electrons. The maximum atomic E-state index is 11.3. The largest absolute Gasteiger partial charge is 0.478 e. The fraction of sp³-hybridized carbons (Fsp3) is 0. The van der Waals surface area contributed by atoms with Gasteiger partial charge in [-0.05, 0) is 18.2 Å². The molecule has 0 amide bonds. The van der Waals surface area contributed by atoms with Crippen molar-refractivity contribution < 1.29 is 9.90 Å². The highest BCUT2D eigenvalue weighted by Crippen LogP contribution is 2.25. The second kappa shape index (κ2) is 4.40. The lowest BCUT2D eigenvalue weighted by Gasteiger charge is -2.05. The van der Waals surface area contributed by atoms with Crippen molar-refractivity contribution in [3.63, 3.8) is 0 Å². The lowest BCUT2D eigenvalue weighted by molar-refractivity contribution is 0.0697. The zero-order chi connectivity index (χ0) is 13.4. The minimum Gasteiger partial charge on any atom is -0.478 e.